The number of nitrogens with zero attached hydrogens (tertiary/aromatic N) is 1. The van der Waals surface area contributed by atoms with Crippen molar-refractivity contribution in [1.29, 1.82) is 0 Å². The van der Waals surface area contributed by atoms with Crippen molar-refractivity contribution in [2.75, 3.05) is 30.5 Å². The summed E-state index contributed by atoms with van der Waals surface area (Å²) in [5.41, 5.74) is 0.745. The van der Waals surface area contributed by atoms with Gasteiger partial charge in [0.25, 0.3) is 0 Å². The molecule has 7 nitrogen and oxygen atoms in total. The zero-order chi connectivity index (χ0) is 15.7. The highest BCUT2D eigenvalue weighted by Gasteiger charge is 2.32. The van der Waals surface area contributed by atoms with Gasteiger partial charge in [0.1, 0.15) is 0 Å². The molecule has 120 valence electrons. The molecular formula is C14H18N2O5S. The third kappa shape index (κ3) is 3.02. The Morgan fingerprint density at radius 3 is 2.86 bits per heavy atom. The molecule has 1 saturated heterocycles. The number of anilines is 1. The second-order valence-corrected chi connectivity index (χ2v) is 7.46. The lowest BCUT2D eigenvalue weighted by molar-refractivity contribution is -0.117. The first-order valence-electron chi connectivity index (χ1n) is 7.16. The SMILES string of the molecule is CCS(=O)(=O)NCC1CC(=O)N(c2ccc3c(c2)OCO3)C1. The maximum atomic E-state index is 12.2. The molecule has 1 amide bonds. The minimum Gasteiger partial charge on any atom is -0.454 e. The summed E-state index contributed by atoms with van der Waals surface area (Å²) in [6.07, 6.45) is 0.334. The van der Waals surface area contributed by atoms with Crippen LogP contribution in [0.15, 0.2) is 18.2 Å². The molecular weight excluding hydrogens is 308 g/mol. The summed E-state index contributed by atoms with van der Waals surface area (Å²) in [7, 11) is -3.23. The van der Waals surface area contributed by atoms with Gasteiger partial charge in [0.2, 0.25) is 22.7 Å². The number of benzene rings is 1. The standard InChI is InChI=1S/C14H18N2O5S/c1-2-22(18,19)15-7-10-5-14(17)16(8-10)11-3-4-12-13(6-11)21-9-20-12/h3-4,6,10,15H,2,5,7-9H2,1H3. The molecule has 22 heavy (non-hydrogen) atoms. The van der Waals surface area contributed by atoms with Gasteiger partial charge in [-0.3, -0.25) is 4.79 Å². The Kier molecular flexibility index (Phi) is 3.96. The van der Waals surface area contributed by atoms with E-state index in [0.29, 0.717) is 24.5 Å². The number of hydrogen-bond donors (Lipinski definition) is 1. The molecule has 8 heteroatoms. The van der Waals surface area contributed by atoms with Gasteiger partial charge in [0, 0.05) is 31.3 Å². The first-order valence-corrected chi connectivity index (χ1v) is 8.81. The van der Waals surface area contributed by atoms with Crippen LogP contribution in [0.3, 0.4) is 0 Å². The fourth-order valence-corrected chi connectivity index (χ4v) is 3.26. The van der Waals surface area contributed by atoms with Crippen LogP contribution in [-0.4, -0.2) is 40.0 Å². The summed E-state index contributed by atoms with van der Waals surface area (Å²) in [5.74, 6) is 1.29. The van der Waals surface area contributed by atoms with Gasteiger partial charge >= 0.3 is 0 Å². The lowest BCUT2D eigenvalue weighted by Gasteiger charge is -2.17. The number of ether oxygens (including phenoxy) is 2. The van der Waals surface area contributed by atoms with Crippen molar-refractivity contribution < 1.29 is 22.7 Å². The molecule has 0 aromatic heterocycles. The van der Waals surface area contributed by atoms with E-state index in [1.165, 1.54) is 0 Å². The van der Waals surface area contributed by atoms with Crippen molar-refractivity contribution in [3.63, 3.8) is 0 Å². The summed E-state index contributed by atoms with van der Waals surface area (Å²) >= 11 is 0. The molecule has 3 rings (SSSR count). The number of fused-ring (bicyclic) bond motifs is 1. The summed E-state index contributed by atoms with van der Waals surface area (Å²) < 4.78 is 36.1. The average Bonchev–Trinajstić information content (AvgIpc) is 3.10. The van der Waals surface area contributed by atoms with Crippen LogP contribution in [0.4, 0.5) is 5.69 Å². The van der Waals surface area contributed by atoms with Crippen molar-refractivity contribution in [3.8, 4) is 11.5 Å². The van der Waals surface area contributed by atoms with E-state index in [4.69, 9.17) is 9.47 Å². The molecule has 0 bridgehead atoms. The smallest absolute Gasteiger partial charge is 0.231 e. The van der Waals surface area contributed by atoms with Gasteiger partial charge in [-0.25, -0.2) is 13.1 Å². The Morgan fingerprint density at radius 1 is 1.32 bits per heavy atom. The number of sulfonamides is 1. The predicted molar refractivity (Wildman–Crippen MR) is 80.5 cm³/mol. The molecule has 1 fully saturated rings. The Labute approximate surface area is 129 Å². The number of carbonyl (C=O) groups is 1. The van der Waals surface area contributed by atoms with Crippen LogP contribution in [0.2, 0.25) is 0 Å². The number of amides is 1. The van der Waals surface area contributed by atoms with Crippen LogP contribution in [-0.2, 0) is 14.8 Å². The summed E-state index contributed by atoms with van der Waals surface area (Å²) in [5, 5.41) is 0. The van der Waals surface area contributed by atoms with E-state index in [9.17, 15) is 13.2 Å². The highest BCUT2D eigenvalue weighted by molar-refractivity contribution is 7.89. The fourth-order valence-electron chi connectivity index (χ4n) is 2.57. The van der Waals surface area contributed by atoms with E-state index in [0.717, 1.165) is 5.69 Å². The van der Waals surface area contributed by atoms with E-state index in [2.05, 4.69) is 4.72 Å². The summed E-state index contributed by atoms with van der Waals surface area (Å²) in [4.78, 5) is 13.8. The number of nitrogens with one attached hydrogen (secondary N) is 1. The molecule has 0 radical (unpaired) electrons. The first-order chi connectivity index (χ1) is 10.5. The third-order valence-corrected chi connectivity index (χ3v) is 5.21. The van der Waals surface area contributed by atoms with Crippen molar-refractivity contribution in [3.05, 3.63) is 18.2 Å². The number of rotatable bonds is 5. The van der Waals surface area contributed by atoms with Crippen molar-refractivity contribution in [2.24, 2.45) is 5.92 Å². The second kappa shape index (κ2) is 5.77. The lowest BCUT2D eigenvalue weighted by Crippen LogP contribution is -2.32. The number of hydrogen-bond acceptors (Lipinski definition) is 5. The van der Waals surface area contributed by atoms with E-state index in [1.807, 2.05) is 6.07 Å². The summed E-state index contributed by atoms with van der Waals surface area (Å²) in [6.45, 7) is 2.54. The maximum Gasteiger partial charge on any atom is 0.231 e. The van der Waals surface area contributed by atoms with Crippen LogP contribution in [0.5, 0.6) is 11.5 Å². The number of carbonyl (C=O) groups excluding carboxylic acids is 1. The normalized spacial score (nSPS) is 20.7. The second-order valence-electron chi connectivity index (χ2n) is 5.36. The third-order valence-electron chi connectivity index (χ3n) is 3.84. The van der Waals surface area contributed by atoms with Crippen molar-refractivity contribution >= 4 is 21.6 Å². The van der Waals surface area contributed by atoms with Crippen LogP contribution < -0.4 is 19.1 Å². The molecule has 0 aliphatic carbocycles. The van der Waals surface area contributed by atoms with Crippen molar-refractivity contribution in [1.82, 2.24) is 4.72 Å². The van der Waals surface area contributed by atoms with Crippen LogP contribution in [0.1, 0.15) is 13.3 Å². The largest absolute Gasteiger partial charge is 0.454 e. The molecule has 1 aromatic rings. The molecule has 2 aliphatic heterocycles. The quantitative estimate of drug-likeness (QED) is 0.861. The van der Waals surface area contributed by atoms with Gasteiger partial charge in [-0.1, -0.05) is 0 Å². The average molecular weight is 326 g/mol. The molecule has 0 spiro atoms. The zero-order valence-electron chi connectivity index (χ0n) is 12.2. The fraction of sp³-hybridized carbons (Fsp3) is 0.500. The molecule has 2 aliphatic rings. The summed E-state index contributed by atoms with van der Waals surface area (Å²) in [6, 6.07) is 5.36. The van der Waals surface area contributed by atoms with Crippen LogP contribution >= 0.6 is 0 Å². The molecule has 1 N–H and O–H groups in total. The predicted octanol–water partition coefficient (Wildman–Crippen LogP) is 0.707. The molecule has 1 aromatic carbocycles. The monoisotopic (exact) mass is 326 g/mol. The molecule has 0 saturated carbocycles. The highest BCUT2D eigenvalue weighted by atomic mass is 32.2. The first kappa shape index (κ1) is 15.1. The molecule has 1 atom stereocenters. The van der Waals surface area contributed by atoms with Gasteiger partial charge in [0.15, 0.2) is 11.5 Å². The highest BCUT2D eigenvalue weighted by Crippen LogP contribution is 2.37. The van der Waals surface area contributed by atoms with Crippen LogP contribution in [0, 0.1) is 5.92 Å². The van der Waals surface area contributed by atoms with E-state index < -0.39 is 10.0 Å². The Morgan fingerprint density at radius 2 is 2.09 bits per heavy atom. The maximum absolute atomic E-state index is 12.2. The van der Waals surface area contributed by atoms with Gasteiger partial charge < -0.3 is 14.4 Å². The minimum absolute atomic E-state index is 0.0143. The van der Waals surface area contributed by atoms with Gasteiger partial charge in [-0.15, -0.1) is 0 Å². The van der Waals surface area contributed by atoms with Gasteiger partial charge in [0.05, 0.1) is 5.75 Å². The van der Waals surface area contributed by atoms with Gasteiger partial charge in [-0.05, 0) is 25.0 Å². The minimum atomic E-state index is -3.23. The van der Waals surface area contributed by atoms with Crippen molar-refractivity contribution in [2.45, 2.75) is 13.3 Å². The van der Waals surface area contributed by atoms with E-state index in [-0.39, 0.29) is 30.9 Å². The Balaban J connectivity index is 1.67. The Bertz CT molecular complexity index is 688. The molecule has 1 unspecified atom stereocenters. The van der Waals surface area contributed by atoms with Gasteiger partial charge in [-0.2, -0.15) is 0 Å². The van der Waals surface area contributed by atoms with Crippen LogP contribution in [0.25, 0.3) is 0 Å². The lowest BCUT2D eigenvalue weighted by atomic mass is 10.1. The topological polar surface area (TPSA) is 84.9 Å². The molecule has 2 heterocycles. The van der Waals surface area contributed by atoms with E-state index in [1.54, 1.807) is 24.0 Å². The van der Waals surface area contributed by atoms with E-state index >= 15 is 0 Å². The Hall–Kier alpha value is -1.80. The zero-order valence-corrected chi connectivity index (χ0v) is 13.1.